The number of nitrogens with zero attached hydrogens (tertiary/aromatic N) is 1. The molecular formula is C14H15NO4. The maximum Gasteiger partial charge on any atom is 0.305 e. The van der Waals surface area contributed by atoms with Gasteiger partial charge in [-0.2, -0.15) is 0 Å². The molecule has 0 aliphatic carbocycles. The van der Waals surface area contributed by atoms with Gasteiger partial charge in [0.25, 0.3) is 0 Å². The summed E-state index contributed by atoms with van der Waals surface area (Å²) in [7, 11) is 2.99. The molecule has 1 aromatic heterocycles. The number of hydrogen-bond donors (Lipinski definition) is 0. The highest BCUT2D eigenvalue weighted by Gasteiger charge is 2.09. The molecule has 0 aliphatic heterocycles. The van der Waals surface area contributed by atoms with Crippen LogP contribution in [0.4, 0.5) is 0 Å². The molecule has 5 nitrogen and oxygen atoms in total. The average molecular weight is 261 g/mol. The van der Waals surface area contributed by atoms with E-state index in [9.17, 15) is 4.79 Å². The molecule has 1 heterocycles. The minimum absolute atomic E-state index is 0.256. The van der Waals surface area contributed by atoms with Gasteiger partial charge in [-0.25, -0.2) is 4.98 Å². The maximum atomic E-state index is 11.0. The van der Waals surface area contributed by atoms with Gasteiger partial charge in [-0.15, -0.1) is 0 Å². The molecule has 1 aromatic carbocycles. The van der Waals surface area contributed by atoms with Gasteiger partial charge in [0.2, 0.25) is 5.89 Å². The van der Waals surface area contributed by atoms with Crippen LogP contribution in [0.2, 0.25) is 0 Å². The number of ether oxygens (including phenoxy) is 2. The normalized spacial score (nSPS) is 10.2. The summed E-state index contributed by atoms with van der Waals surface area (Å²) in [5.74, 6) is 1.05. The zero-order valence-electron chi connectivity index (χ0n) is 10.9. The fourth-order valence-electron chi connectivity index (χ4n) is 1.62. The number of oxazole rings is 1. The summed E-state index contributed by atoms with van der Waals surface area (Å²) in [5, 5.41) is 0. The van der Waals surface area contributed by atoms with E-state index in [0.29, 0.717) is 18.7 Å². The highest BCUT2D eigenvalue weighted by molar-refractivity contribution is 5.69. The second-order valence-corrected chi connectivity index (χ2v) is 3.95. The van der Waals surface area contributed by atoms with Crippen LogP contribution in [0, 0.1) is 0 Å². The van der Waals surface area contributed by atoms with E-state index >= 15 is 0 Å². The molecule has 2 aromatic rings. The third-order valence-corrected chi connectivity index (χ3v) is 2.70. The first-order valence-electron chi connectivity index (χ1n) is 5.88. The predicted molar refractivity (Wildman–Crippen MR) is 68.8 cm³/mol. The van der Waals surface area contributed by atoms with Crippen LogP contribution < -0.4 is 4.74 Å². The van der Waals surface area contributed by atoms with Crippen LogP contribution in [0.5, 0.6) is 5.75 Å². The summed E-state index contributed by atoms with van der Waals surface area (Å²) in [6, 6.07) is 7.42. The van der Waals surface area contributed by atoms with Gasteiger partial charge >= 0.3 is 5.97 Å². The third kappa shape index (κ3) is 3.34. The summed E-state index contributed by atoms with van der Waals surface area (Å²) >= 11 is 0. The Labute approximate surface area is 111 Å². The summed E-state index contributed by atoms with van der Waals surface area (Å²) < 4.78 is 15.0. The van der Waals surface area contributed by atoms with Crippen molar-refractivity contribution in [3.8, 4) is 17.2 Å². The first-order valence-corrected chi connectivity index (χ1v) is 5.88. The monoisotopic (exact) mass is 261 g/mol. The van der Waals surface area contributed by atoms with Crippen LogP contribution in [0.15, 0.2) is 34.9 Å². The molecule has 0 radical (unpaired) electrons. The highest BCUT2D eigenvalue weighted by Crippen LogP contribution is 2.22. The van der Waals surface area contributed by atoms with Crippen molar-refractivity contribution in [2.75, 3.05) is 14.2 Å². The fourth-order valence-corrected chi connectivity index (χ4v) is 1.62. The molecule has 0 fully saturated rings. The number of esters is 1. The number of methoxy groups -OCH3 is 2. The lowest BCUT2D eigenvalue weighted by Gasteiger charge is -1.99. The largest absolute Gasteiger partial charge is 0.497 e. The van der Waals surface area contributed by atoms with Gasteiger partial charge < -0.3 is 13.9 Å². The van der Waals surface area contributed by atoms with Crippen molar-refractivity contribution in [3.63, 3.8) is 0 Å². The van der Waals surface area contributed by atoms with Crippen LogP contribution in [-0.4, -0.2) is 25.2 Å². The second kappa shape index (κ2) is 6.04. The summed E-state index contributed by atoms with van der Waals surface area (Å²) in [6.45, 7) is 0. The van der Waals surface area contributed by atoms with E-state index in [-0.39, 0.29) is 5.97 Å². The van der Waals surface area contributed by atoms with E-state index in [4.69, 9.17) is 9.15 Å². The van der Waals surface area contributed by atoms with E-state index in [1.54, 1.807) is 13.4 Å². The second-order valence-electron chi connectivity index (χ2n) is 3.95. The minimum atomic E-state index is -0.256. The topological polar surface area (TPSA) is 61.6 Å². The molecule has 0 saturated carbocycles. The molecular weight excluding hydrogens is 246 g/mol. The smallest absolute Gasteiger partial charge is 0.305 e. The Bertz CT molecular complexity index is 545. The van der Waals surface area contributed by atoms with Crippen molar-refractivity contribution in [1.82, 2.24) is 4.98 Å². The lowest BCUT2D eigenvalue weighted by atomic mass is 10.2. The van der Waals surface area contributed by atoms with E-state index < -0.39 is 0 Å². The Morgan fingerprint density at radius 1 is 1.26 bits per heavy atom. The molecule has 100 valence electrons. The number of carbonyl (C=O) groups is 1. The van der Waals surface area contributed by atoms with Gasteiger partial charge in [-0.05, 0) is 24.3 Å². The quantitative estimate of drug-likeness (QED) is 0.774. The predicted octanol–water partition coefficient (Wildman–Crippen LogP) is 2.46. The van der Waals surface area contributed by atoms with Crippen molar-refractivity contribution < 1.29 is 18.7 Å². The summed E-state index contributed by atoms with van der Waals surface area (Å²) in [5.41, 5.74) is 1.60. The summed E-state index contributed by atoms with van der Waals surface area (Å²) in [4.78, 5) is 15.4. The summed E-state index contributed by atoms with van der Waals surface area (Å²) in [6.07, 6.45) is 2.36. The van der Waals surface area contributed by atoms with Crippen molar-refractivity contribution in [2.45, 2.75) is 12.8 Å². The molecule has 0 N–H and O–H groups in total. The van der Waals surface area contributed by atoms with Gasteiger partial charge in [0, 0.05) is 12.0 Å². The molecule has 0 amide bonds. The number of rotatable bonds is 5. The van der Waals surface area contributed by atoms with Crippen LogP contribution in [0.1, 0.15) is 12.1 Å². The molecule has 0 saturated heterocycles. The third-order valence-electron chi connectivity index (χ3n) is 2.70. The Morgan fingerprint density at radius 3 is 2.63 bits per heavy atom. The van der Waals surface area contributed by atoms with Gasteiger partial charge in [-0.1, -0.05) is 0 Å². The lowest BCUT2D eigenvalue weighted by molar-refractivity contribution is -0.140. The Kier molecular flexibility index (Phi) is 4.18. The van der Waals surface area contributed by atoms with E-state index in [1.165, 1.54) is 7.11 Å². The number of carbonyl (C=O) groups excluding carboxylic acids is 1. The van der Waals surface area contributed by atoms with E-state index in [2.05, 4.69) is 9.72 Å². The highest BCUT2D eigenvalue weighted by atomic mass is 16.5. The fraction of sp³-hybridized carbons (Fsp3) is 0.286. The Balaban J connectivity index is 2.05. The maximum absolute atomic E-state index is 11.0. The molecule has 0 aliphatic rings. The van der Waals surface area contributed by atoms with Crippen LogP contribution in [-0.2, 0) is 16.0 Å². The van der Waals surface area contributed by atoms with E-state index in [1.807, 2.05) is 24.3 Å². The molecule has 0 unspecified atom stereocenters. The van der Waals surface area contributed by atoms with Crippen molar-refractivity contribution in [1.29, 1.82) is 0 Å². The minimum Gasteiger partial charge on any atom is -0.497 e. The Hall–Kier alpha value is -2.30. The molecule has 0 bridgehead atoms. The van der Waals surface area contributed by atoms with Crippen LogP contribution >= 0.6 is 0 Å². The first-order chi connectivity index (χ1) is 9.22. The standard InChI is InChI=1S/C14H15NO4/c1-17-12-6-3-10(4-7-12)14-15-11(9-19-14)5-8-13(16)18-2/h3-4,6-7,9H,5,8H2,1-2H3. The Morgan fingerprint density at radius 2 is 2.00 bits per heavy atom. The molecule has 0 atom stereocenters. The molecule has 2 rings (SSSR count). The molecule has 0 spiro atoms. The van der Waals surface area contributed by atoms with Gasteiger partial charge in [-0.3, -0.25) is 4.79 Å². The van der Waals surface area contributed by atoms with Gasteiger partial charge in [0.1, 0.15) is 12.0 Å². The zero-order valence-corrected chi connectivity index (χ0v) is 10.9. The molecule has 19 heavy (non-hydrogen) atoms. The van der Waals surface area contributed by atoms with Crippen LogP contribution in [0.25, 0.3) is 11.5 Å². The van der Waals surface area contributed by atoms with Gasteiger partial charge in [0.05, 0.1) is 26.3 Å². The van der Waals surface area contributed by atoms with Crippen LogP contribution in [0.3, 0.4) is 0 Å². The number of aryl methyl sites for hydroxylation is 1. The SMILES string of the molecule is COC(=O)CCc1coc(-c2ccc(OC)cc2)n1. The van der Waals surface area contributed by atoms with Gasteiger partial charge in [0.15, 0.2) is 0 Å². The van der Waals surface area contributed by atoms with E-state index in [0.717, 1.165) is 17.0 Å². The number of benzene rings is 1. The average Bonchev–Trinajstić information content (AvgIpc) is 2.93. The van der Waals surface area contributed by atoms with Crippen molar-refractivity contribution in [2.24, 2.45) is 0 Å². The number of aromatic nitrogens is 1. The zero-order chi connectivity index (χ0) is 13.7. The van der Waals surface area contributed by atoms with Crippen molar-refractivity contribution >= 4 is 5.97 Å². The molecule has 5 heteroatoms. The van der Waals surface area contributed by atoms with Crippen molar-refractivity contribution in [3.05, 3.63) is 36.2 Å². The lowest BCUT2D eigenvalue weighted by Crippen LogP contribution is -2.01. The number of hydrogen-bond acceptors (Lipinski definition) is 5. The first kappa shape index (κ1) is 13.1.